The van der Waals surface area contributed by atoms with E-state index < -0.39 is 22.4 Å². The zero-order valence-electron chi connectivity index (χ0n) is 13.7. The lowest BCUT2D eigenvalue weighted by Gasteiger charge is -2.41. The highest BCUT2D eigenvalue weighted by Gasteiger charge is 2.55. The van der Waals surface area contributed by atoms with Crippen LogP contribution in [-0.4, -0.2) is 26.2 Å². The lowest BCUT2D eigenvalue weighted by atomic mass is 9.61. The van der Waals surface area contributed by atoms with Gasteiger partial charge in [-0.15, -0.1) is 12.6 Å². The first-order chi connectivity index (χ1) is 10.7. The summed E-state index contributed by atoms with van der Waals surface area (Å²) < 4.78 is 0. The van der Waals surface area contributed by atoms with Gasteiger partial charge in [-0.05, 0) is 24.0 Å². The number of aromatic nitrogens is 2. The van der Waals surface area contributed by atoms with Crippen molar-refractivity contribution >= 4 is 34.7 Å². The molecule has 0 amide bonds. The minimum atomic E-state index is -1.29. The van der Waals surface area contributed by atoms with E-state index in [9.17, 15) is 14.7 Å². The van der Waals surface area contributed by atoms with Gasteiger partial charge in [-0.2, -0.15) is 0 Å². The third-order valence-corrected chi connectivity index (χ3v) is 4.95. The fourth-order valence-electron chi connectivity index (χ4n) is 3.61. The molecule has 5 nitrogen and oxygen atoms in total. The number of carbonyl (C=O) groups excluding carboxylic acids is 1. The summed E-state index contributed by atoms with van der Waals surface area (Å²) in [6, 6.07) is 7.37. The molecule has 1 heterocycles. The van der Waals surface area contributed by atoms with Crippen LogP contribution in [0.1, 0.15) is 39.4 Å². The Bertz CT molecular complexity index is 695. The minimum absolute atomic E-state index is 0.269. The first-order valence-corrected chi connectivity index (χ1v) is 8.08. The molecule has 2 N–H and O–H groups in total. The Hall–Kier alpha value is -1.82. The number of hydrogen-bond donors (Lipinski definition) is 3. The van der Waals surface area contributed by atoms with Crippen LogP contribution < -0.4 is 0 Å². The third-order valence-electron chi connectivity index (χ3n) is 4.69. The Morgan fingerprint density at radius 2 is 1.74 bits per heavy atom. The maximum Gasteiger partial charge on any atom is 0.311 e. The van der Waals surface area contributed by atoms with Crippen molar-refractivity contribution in [2.45, 2.75) is 33.6 Å². The Balaban J connectivity index is 2.72. The SMILES string of the molecule is CC(C)C(C(=O)O)(C(C)C)C(C(=O)S)c1nc2ccccc2[nH]1. The van der Waals surface area contributed by atoms with Gasteiger partial charge in [-0.25, -0.2) is 4.98 Å². The monoisotopic (exact) mass is 334 g/mol. The van der Waals surface area contributed by atoms with Crippen LogP contribution in [0.4, 0.5) is 0 Å². The predicted molar refractivity (Wildman–Crippen MR) is 92.6 cm³/mol. The summed E-state index contributed by atoms with van der Waals surface area (Å²) in [6.45, 7) is 7.28. The number of carbonyl (C=O) groups is 2. The van der Waals surface area contributed by atoms with E-state index in [0.717, 1.165) is 5.52 Å². The molecule has 6 heteroatoms. The van der Waals surface area contributed by atoms with Gasteiger partial charge in [0.25, 0.3) is 0 Å². The van der Waals surface area contributed by atoms with Gasteiger partial charge in [0.05, 0.1) is 16.4 Å². The quantitative estimate of drug-likeness (QED) is 0.706. The molecule has 0 saturated carbocycles. The van der Waals surface area contributed by atoms with Crippen molar-refractivity contribution in [2.75, 3.05) is 0 Å². The summed E-state index contributed by atoms with van der Waals surface area (Å²) in [6.07, 6.45) is 0. The largest absolute Gasteiger partial charge is 0.481 e. The predicted octanol–water partition coefficient (Wildman–Crippen LogP) is 3.49. The number of rotatable bonds is 6. The van der Waals surface area contributed by atoms with E-state index in [1.165, 1.54) is 0 Å². The Labute approximate surface area is 140 Å². The van der Waals surface area contributed by atoms with Crippen molar-refractivity contribution in [3.8, 4) is 0 Å². The molecule has 2 aromatic rings. The maximum atomic E-state index is 12.3. The number of carboxylic acids is 1. The molecule has 0 aliphatic heterocycles. The lowest BCUT2D eigenvalue weighted by molar-refractivity contribution is -0.160. The first kappa shape index (κ1) is 17.5. The van der Waals surface area contributed by atoms with Gasteiger partial charge in [-0.1, -0.05) is 39.8 Å². The second kappa shape index (κ2) is 6.35. The Kier molecular flexibility index (Phi) is 4.84. The molecule has 23 heavy (non-hydrogen) atoms. The van der Waals surface area contributed by atoms with Crippen LogP contribution in [0.5, 0.6) is 0 Å². The molecular formula is C17H22N2O3S. The highest BCUT2D eigenvalue weighted by Crippen LogP contribution is 2.49. The van der Waals surface area contributed by atoms with E-state index in [-0.39, 0.29) is 11.8 Å². The lowest BCUT2D eigenvalue weighted by Crippen LogP contribution is -2.48. The third kappa shape index (κ3) is 2.76. The van der Waals surface area contributed by atoms with E-state index in [4.69, 9.17) is 0 Å². The average Bonchev–Trinajstić information content (AvgIpc) is 2.85. The van der Waals surface area contributed by atoms with Crippen LogP contribution in [0.25, 0.3) is 11.0 Å². The van der Waals surface area contributed by atoms with Crippen molar-refractivity contribution in [3.63, 3.8) is 0 Å². The smallest absolute Gasteiger partial charge is 0.311 e. The number of para-hydroxylation sites is 2. The number of aliphatic carboxylic acids is 1. The highest BCUT2D eigenvalue weighted by molar-refractivity contribution is 7.96. The number of aromatic amines is 1. The zero-order valence-corrected chi connectivity index (χ0v) is 14.6. The molecule has 0 radical (unpaired) electrons. The van der Waals surface area contributed by atoms with Crippen LogP contribution in [0.2, 0.25) is 0 Å². The molecule has 0 aliphatic carbocycles. The molecule has 0 fully saturated rings. The molecule has 1 aromatic carbocycles. The number of imidazole rings is 1. The van der Waals surface area contributed by atoms with Crippen LogP contribution in [0.3, 0.4) is 0 Å². The summed E-state index contributed by atoms with van der Waals surface area (Å²) in [4.78, 5) is 32.1. The molecule has 1 atom stereocenters. The van der Waals surface area contributed by atoms with E-state index >= 15 is 0 Å². The second-order valence-corrected chi connectivity index (χ2v) is 6.90. The summed E-state index contributed by atoms with van der Waals surface area (Å²) >= 11 is 4.00. The standard InChI is InChI=1S/C17H22N2O3S/c1-9(2)17(10(3)4,16(21)22)13(15(20)23)14-18-11-7-5-6-8-12(11)19-14/h5-10,13H,1-4H3,(H,18,19)(H,20,23)(H,21,22). The molecular weight excluding hydrogens is 312 g/mol. The van der Waals surface area contributed by atoms with E-state index in [2.05, 4.69) is 22.6 Å². The topological polar surface area (TPSA) is 83.0 Å². The number of fused-ring (bicyclic) bond motifs is 1. The van der Waals surface area contributed by atoms with Gasteiger partial charge >= 0.3 is 5.97 Å². The number of carboxylic acid groups (broad SMARTS) is 1. The van der Waals surface area contributed by atoms with Gasteiger partial charge in [0, 0.05) is 0 Å². The van der Waals surface area contributed by atoms with Crippen LogP contribution in [0.15, 0.2) is 24.3 Å². The van der Waals surface area contributed by atoms with E-state index in [1.807, 2.05) is 52.0 Å². The number of H-pyrrole nitrogens is 1. The zero-order chi connectivity index (χ0) is 17.4. The maximum absolute atomic E-state index is 12.3. The highest BCUT2D eigenvalue weighted by atomic mass is 32.1. The van der Waals surface area contributed by atoms with Crippen molar-refractivity contribution in [1.29, 1.82) is 0 Å². The van der Waals surface area contributed by atoms with Gasteiger partial charge < -0.3 is 10.1 Å². The Morgan fingerprint density at radius 3 is 2.17 bits per heavy atom. The molecule has 0 aliphatic rings. The summed E-state index contributed by atoms with van der Waals surface area (Å²) in [5.74, 6) is -2.13. The molecule has 124 valence electrons. The van der Waals surface area contributed by atoms with Gasteiger partial charge in [-0.3, -0.25) is 9.59 Å². The fraction of sp³-hybridized carbons (Fsp3) is 0.471. The number of benzene rings is 1. The number of nitrogens with zero attached hydrogens (tertiary/aromatic N) is 1. The Morgan fingerprint density at radius 1 is 1.17 bits per heavy atom. The summed E-state index contributed by atoms with van der Waals surface area (Å²) in [5, 5.41) is 9.50. The number of nitrogens with one attached hydrogen (secondary N) is 1. The van der Waals surface area contributed by atoms with Crippen molar-refractivity contribution < 1.29 is 14.7 Å². The molecule has 0 saturated heterocycles. The minimum Gasteiger partial charge on any atom is -0.481 e. The fourth-order valence-corrected chi connectivity index (χ4v) is 3.94. The molecule has 0 bridgehead atoms. The van der Waals surface area contributed by atoms with Gasteiger partial charge in [0.1, 0.15) is 11.7 Å². The number of thiol groups is 1. The molecule has 0 spiro atoms. The van der Waals surface area contributed by atoms with E-state index in [0.29, 0.717) is 11.3 Å². The van der Waals surface area contributed by atoms with Crippen molar-refractivity contribution in [1.82, 2.24) is 9.97 Å². The van der Waals surface area contributed by atoms with Crippen LogP contribution in [-0.2, 0) is 9.59 Å². The number of hydrogen-bond acceptors (Lipinski definition) is 3. The summed E-state index contributed by atoms with van der Waals surface area (Å²) in [5.41, 5.74) is 0.190. The second-order valence-electron chi connectivity index (χ2n) is 6.46. The normalized spacial score (nSPS) is 13.7. The van der Waals surface area contributed by atoms with Gasteiger partial charge in [0.2, 0.25) is 0 Å². The van der Waals surface area contributed by atoms with Crippen molar-refractivity contribution in [3.05, 3.63) is 30.1 Å². The molecule has 1 unspecified atom stereocenters. The van der Waals surface area contributed by atoms with Crippen molar-refractivity contribution in [2.24, 2.45) is 17.3 Å². The van der Waals surface area contributed by atoms with Crippen LogP contribution in [0, 0.1) is 17.3 Å². The summed E-state index contributed by atoms with van der Waals surface area (Å²) in [7, 11) is 0. The van der Waals surface area contributed by atoms with Crippen LogP contribution >= 0.6 is 12.6 Å². The van der Waals surface area contributed by atoms with E-state index in [1.54, 1.807) is 0 Å². The van der Waals surface area contributed by atoms with Gasteiger partial charge in [0.15, 0.2) is 5.12 Å². The average molecular weight is 334 g/mol. The molecule has 2 rings (SSSR count). The first-order valence-electron chi connectivity index (χ1n) is 7.63. The molecule has 1 aromatic heterocycles.